The summed E-state index contributed by atoms with van der Waals surface area (Å²) >= 11 is 0. The summed E-state index contributed by atoms with van der Waals surface area (Å²) in [6.45, 7) is 4.82. The number of aliphatic hydroxyl groups is 1. The van der Waals surface area contributed by atoms with E-state index in [1.165, 1.54) is 12.1 Å². The van der Waals surface area contributed by atoms with Crippen molar-refractivity contribution in [3.63, 3.8) is 0 Å². The first-order valence-corrected chi connectivity index (χ1v) is 9.37. The Balaban J connectivity index is 2.01. The van der Waals surface area contributed by atoms with Crippen molar-refractivity contribution in [3.05, 3.63) is 65.4 Å². The van der Waals surface area contributed by atoms with E-state index in [1.807, 2.05) is 10.8 Å². The van der Waals surface area contributed by atoms with Gasteiger partial charge in [-0.3, -0.25) is 9.69 Å². The van der Waals surface area contributed by atoms with Gasteiger partial charge in [0.2, 0.25) is 0 Å². The van der Waals surface area contributed by atoms with Crippen LogP contribution in [0.1, 0.15) is 35.0 Å². The van der Waals surface area contributed by atoms with Crippen LogP contribution in [0, 0.1) is 5.82 Å². The number of rotatable bonds is 9. The highest BCUT2D eigenvalue weighted by atomic mass is 19.1. The Labute approximate surface area is 163 Å². The highest BCUT2D eigenvalue weighted by molar-refractivity contribution is 5.95. The molecule has 0 saturated heterocycles. The predicted octanol–water partition coefficient (Wildman–Crippen LogP) is 2.53. The summed E-state index contributed by atoms with van der Waals surface area (Å²) in [5.41, 5.74) is 8.50. The number of carbonyl (C=O) groups is 1. The number of benzene rings is 1. The van der Waals surface area contributed by atoms with Gasteiger partial charge in [0.05, 0.1) is 18.3 Å². The summed E-state index contributed by atoms with van der Waals surface area (Å²) in [7, 11) is 0. The molecule has 0 spiro atoms. The summed E-state index contributed by atoms with van der Waals surface area (Å²) in [4.78, 5) is 17.9. The van der Waals surface area contributed by atoms with Crippen molar-refractivity contribution in [1.29, 1.82) is 0 Å². The first kappa shape index (κ1) is 20.0. The molecule has 0 aliphatic carbocycles. The Morgan fingerprint density at radius 1 is 1.29 bits per heavy atom. The van der Waals surface area contributed by atoms with Gasteiger partial charge in [0, 0.05) is 31.2 Å². The fourth-order valence-corrected chi connectivity index (χ4v) is 3.41. The number of pyridine rings is 1. The minimum Gasteiger partial charge on any atom is -0.395 e. The molecule has 0 aliphatic heterocycles. The van der Waals surface area contributed by atoms with Crippen LogP contribution in [0.15, 0.2) is 42.7 Å². The molecule has 1 aromatic carbocycles. The standard InChI is InChI=1S/C21H25FN4O2/c1-2-7-25(8-9-27)13-16-14-26(12-15-3-5-17(22)6-4-15)20-11-24-19(21(23)28)10-18(16)20/h3-6,10-11,14,27H,2,7-9,12-13H2,1H3,(H2,23,28). The molecule has 0 fully saturated rings. The highest BCUT2D eigenvalue weighted by Gasteiger charge is 2.15. The molecule has 28 heavy (non-hydrogen) atoms. The number of primary amides is 1. The van der Waals surface area contributed by atoms with E-state index >= 15 is 0 Å². The smallest absolute Gasteiger partial charge is 0.267 e. The Morgan fingerprint density at radius 3 is 2.68 bits per heavy atom. The van der Waals surface area contributed by atoms with Crippen LogP contribution in [0.2, 0.25) is 0 Å². The zero-order valence-electron chi connectivity index (χ0n) is 15.9. The molecular formula is C21H25FN4O2. The van der Waals surface area contributed by atoms with Gasteiger partial charge < -0.3 is 15.4 Å². The van der Waals surface area contributed by atoms with E-state index in [4.69, 9.17) is 5.73 Å². The Bertz CT molecular complexity index is 947. The Hall–Kier alpha value is -2.77. The van der Waals surface area contributed by atoms with Crippen LogP contribution >= 0.6 is 0 Å². The molecule has 0 aliphatic rings. The summed E-state index contributed by atoms with van der Waals surface area (Å²) in [5, 5.41) is 10.3. The normalized spacial score (nSPS) is 11.4. The maximum atomic E-state index is 13.2. The molecule has 1 amide bonds. The molecule has 3 N–H and O–H groups in total. The van der Waals surface area contributed by atoms with Crippen LogP contribution in [0.25, 0.3) is 10.9 Å². The number of halogens is 1. The van der Waals surface area contributed by atoms with Gasteiger partial charge in [-0.05, 0) is 42.3 Å². The van der Waals surface area contributed by atoms with E-state index in [0.717, 1.165) is 35.0 Å². The molecule has 0 radical (unpaired) electrons. The first-order chi connectivity index (χ1) is 13.5. The summed E-state index contributed by atoms with van der Waals surface area (Å²) in [6, 6.07) is 8.10. The van der Waals surface area contributed by atoms with Crippen molar-refractivity contribution < 1.29 is 14.3 Å². The monoisotopic (exact) mass is 384 g/mol. The van der Waals surface area contributed by atoms with Gasteiger partial charge in [0.1, 0.15) is 11.5 Å². The lowest BCUT2D eigenvalue weighted by Gasteiger charge is -2.20. The maximum Gasteiger partial charge on any atom is 0.267 e. The average Bonchev–Trinajstić information content (AvgIpc) is 3.00. The second kappa shape index (κ2) is 8.95. The quantitative estimate of drug-likeness (QED) is 0.594. The van der Waals surface area contributed by atoms with Crippen LogP contribution in [0.3, 0.4) is 0 Å². The van der Waals surface area contributed by atoms with Crippen LogP contribution in [-0.4, -0.2) is 45.2 Å². The fourth-order valence-electron chi connectivity index (χ4n) is 3.41. The Kier molecular flexibility index (Phi) is 6.38. The van der Waals surface area contributed by atoms with Crippen LogP contribution in [0.5, 0.6) is 0 Å². The van der Waals surface area contributed by atoms with Gasteiger partial charge in [0.25, 0.3) is 5.91 Å². The molecular weight excluding hydrogens is 359 g/mol. The van der Waals surface area contributed by atoms with Crippen molar-refractivity contribution >= 4 is 16.8 Å². The Morgan fingerprint density at radius 2 is 2.04 bits per heavy atom. The molecule has 0 unspecified atom stereocenters. The molecule has 7 heteroatoms. The molecule has 148 valence electrons. The number of amides is 1. The highest BCUT2D eigenvalue weighted by Crippen LogP contribution is 2.24. The van der Waals surface area contributed by atoms with E-state index in [-0.39, 0.29) is 18.1 Å². The molecule has 0 bridgehead atoms. The largest absolute Gasteiger partial charge is 0.395 e. The van der Waals surface area contributed by atoms with Crippen LogP contribution < -0.4 is 5.73 Å². The fraction of sp³-hybridized carbons (Fsp3) is 0.333. The number of carbonyl (C=O) groups excluding carboxylic acids is 1. The third-order valence-corrected chi connectivity index (χ3v) is 4.72. The van der Waals surface area contributed by atoms with Gasteiger partial charge >= 0.3 is 0 Å². The molecule has 2 heterocycles. The lowest BCUT2D eigenvalue weighted by Crippen LogP contribution is -2.27. The van der Waals surface area contributed by atoms with Crippen molar-refractivity contribution in [2.75, 3.05) is 19.7 Å². The minimum atomic E-state index is -0.570. The SMILES string of the molecule is CCCN(CCO)Cc1cn(Cc2ccc(F)cc2)c2cnc(C(N)=O)cc12. The summed E-state index contributed by atoms with van der Waals surface area (Å²) in [6.07, 6.45) is 4.65. The third-order valence-electron chi connectivity index (χ3n) is 4.72. The summed E-state index contributed by atoms with van der Waals surface area (Å²) in [5.74, 6) is -0.839. The van der Waals surface area contributed by atoms with Crippen molar-refractivity contribution in [2.45, 2.75) is 26.4 Å². The molecule has 2 aromatic heterocycles. The number of hydrogen-bond donors (Lipinski definition) is 2. The lowest BCUT2D eigenvalue weighted by molar-refractivity contribution is 0.0995. The van der Waals surface area contributed by atoms with Gasteiger partial charge in [-0.25, -0.2) is 9.37 Å². The van der Waals surface area contributed by atoms with E-state index in [1.54, 1.807) is 24.4 Å². The molecule has 3 rings (SSSR count). The number of aromatic nitrogens is 2. The number of hydrogen-bond acceptors (Lipinski definition) is 4. The number of nitrogens with zero attached hydrogens (tertiary/aromatic N) is 3. The first-order valence-electron chi connectivity index (χ1n) is 9.37. The van der Waals surface area contributed by atoms with E-state index in [0.29, 0.717) is 19.6 Å². The topological polar surface area (TPSA) is 84.4 Å². The number of fused-ring (bicyclic) bond motifs is 1. The van der Waals surface area contributed by atoms with E-state index in [9.17, 15) is 14.3 Å². The van der Waals surface area contributed by atoms with E-state index < -0.39 is 5.91 Å². The third kappa shape index (κ3) is 4.55. The second-order valence-corrected chi connectivity index (χ2v) is 6.86. The molecule has 0 atom stereocenters. The molecule has 0 saturated carbocycles. The predicted molar refractivity (Wildman–Crippen MR) is 106 cm³/mol. The van der Waals surface area contributed by atoms with Crippen molar-refractivity contribution in [3.8, 4) is 0 Å². The maximum absolute atomic E-state index is 13.2. The van der Waals surface area contributed by atoms with Gasteiger partial charge in [0.15, 0.2) is 0 Å². The number of nitrogens with two attached hydrogens (primary N) is 1. The molecule has 6 nitrogen and oxygen atoms in total. The van der Waals surface area contributed by atoms with Crippen LogP contribution in [0.4, 0.5) is 4.39 Å². The lowest BCUT2D eigenvalue weighted by atomic mass is 10.1. The van der Waals surface area contributed by atoms with Crippen LogP contribution in [-0.2, 0) is 13.1 Å². The zero-order chi connectivity index (χ0) is 20.1. The van der Waals surface area contributed by atoms with Gasteiger partial charge in [-0.2, -0.15) is 0 Å². The average molecular weight is 384 g/mol. The van der Waals surface area contributed by atoms with Crippen molar-refractivity contribution in [1.82, 2.24) is 14.5 Å². The summed E-state index contributed by atoms with van der Waals surface area (Å²) < 4.78 is 15.2. The van der Waals surface area contributed by atoms with Gasteiger partial charge in [-0.15, -0.1) is 0 Å². The van der Waals surface area contributed by atoms with Crippen molar-refractivity contribution in [2.24, 2.45) is 5.73 Å². The van der Waals surface area contributed by atoms with E-state index in [2.05, 4.69) is 16.8 Å². The molecule has 3 aromatic rings. The van der Waals surface area contributed by atoms with Gasteiger partial charge in [-0.1, -0.05) is 19.1 Å². The minimum absolute atomic E-state index is 0.0856. The zero-order valence-corrected chi connectivity index (χ0v) is 15.9. The number of aliphatic hydroxyl groups excluding tert-OH is 1. The second-order valence-electron chi connectivity index (χ2n) is 6.86.